The van der Waals surface area contributed by atoms with Gasteiger partial charge in [-0.2, -0.15) is 0 Å². The molecule has 27 atom stereocenters. The molecule has 0 aliphatic heterocycles. The minimum absolute atomic E-state index is 1.09. The number of rotatable bonds is 0. The van der Waals surface area contributed by atoms with Gasteiger partial charge in [-0.15, -0.1) is 0 Å². The molecule has 0 heteroatoms. The fourth-order valence-corrected chi connectivity index (χ4v) is 18.4. The molecule has 0 saturated heterocycles. The van der Waals surface area contributed by atoms with Crippen LogP contribution in [0.2, 0.25) is 0 Å². The molecule has 0 N–H and O–H groups in total. The van der Waals surface area contributed by atoms with Crippen LogP contribution >= 0.6 is 0 Å². The molecule has 0 aromatic rings. The fourth-order valence-electron chi connectivity index (χ4n) is 18.4. The van der Waals surface area contributed by atoms with Crippen LogP contribution in [0, 0.1) is 160 Å². The maximum Gasteiger partial charge on any atom is -0.0312 e. The van der Waals surface area contributed by atoms with Crippen molar-refractivity contribution in [2.24, 2.45) is 160 Å². The normalized spacial score (nSPS) is 95.1. The molecule has 0 aromatic carbocycles. The zero-order valence-electron chi connectivity index (χ0n) is 19.3. The van der Waals surface area contributed by atoms with Crippen LogP contribution in [0.25, 0.3) is 0 Å². The standard InChI is InChI=1S/C31H38/c1-5-4-8-9(5)13-12(8)16-17(13)21-20(16)24-25(21)29-28(24)30-26-22-18-14-10-6(2)7(3)11(10)15(14)19(18)23(22)27(26)31(29)30/h5-31H,4H2,1-3H3/t5-,6-,7?,8+,9?,10-,11?,12+,13?,14-,15?,16+,17?,18-,19?,20+,21?,22-,23?,24+,25?,26-,27?,28+,29?,30+,31?/m0/s1. The van der Waals surface area contributed by atoms with Crippen molar-refractivity contribution < 1.29 is 0 Å². The van der Waals surface area contributed by atoms with Crippen molar-refractivity contribution in [2.45, 2.75) is 27.2 Å². The van der Waals surface area contributed by atoms with Crippen molar-refractivity contribution in [1.29, 1.82) is 0 Å². The summed E-state index contributed by atoms with van der Waals surface area (Å²) in [4.78, 5) is 0. The van der Waals surface area contributed by atoms with Crippen molar-refractivity contribution in [3.8, 4) is 0 Å². The lowest BCUT2D eigenvalue weighted by Crippen LogP contribution is -2.96. The highest BCUT2D eigenvalue weighted by Gasteiger charge is 2.95. The van der Waals surface area contributed by atoms with Crippen LogP contribution in [0.5, 0.6) is 0 Å². The molecule has 13 aliphatic rings. The van der Waals surface area contributed by atoms with Crippen LogP contribution in [0.1, 0.15) is 27.2 Å². The number of hydrogen-bond donors (Lipinski definition) is 0. The Hall–Kier alpha value is 0. The summed E-state index contributed by atoms with van der Waals surface area (Å²) >= 11 is 0. The van der Waals surface area contributed by atoms with Gasteiger partial charge in [-0.25, -0.2) is 0 Å². The van der Waals surface area contributed by atoms with E-state index in [0.29, 0.717) is 0 Å². The maximum atomic E-state index is 2.61. The summed E-state index contributed by atoms with van der Waals surface area (Å²) in [6, 6.07) is 0. The SMILES string of the molecule is CC1C2C3C4C5C6C7C8C9C%10C%11C%12C%13[C@@H](C[C@@H]%13C)[C@H]%12[C@H]%11[C@H]%10[C@H]9[C@H]8[C@H]7[C@H]6[C@H]5[C@H]4[C@H]3[C@H]2[C@H]1C. The Bertz CT molecular complexity index is 1040. The topological polar surface area (TPSA) is 0 Å². The number of fused-ring (bicyclic) bond motifs is 34. The minimum atomic E-state index is 1.09. The lowest BCUT2D eigenvalue weighted by atomic mass is 9.05. The van der Waals surface area contributed by atoms with Crippen molar-refractivity contribution >= 4 is 0 Å². The Kier molecular flexibility index (Phi) is 1.83. The second-order valence-electron chi connectivity index (χ2n) is 16.9. The van der Waals surface area contributed by atoms with E-state index in [2.05, 4.69) is 20.8 Å². The third-order valence-corrected chi connectivity index (χ3v) is 18.6. The molecule has 0 bridgehead atoms. The first-order valence-corrected chi connectivity index (χ1v) is 15.2. The molecule has 13 aliphatic carbocycles. The van der Waals surface area contributed by atoms with Crippen LogP contribution in [0.4, 0.5) is 0 Å². The Morgan fingerprint density at radius 3 is 0.871 bits per heavy atom. The molecule has 0 nitrogen and oxygen atoms in total. The van der Waals surface area contributed by atoms with Crippen molar-refractivity contribution in [3.05, 3.63) is 0 Å². The highest BCUT2D eigenvalue weighted by atomic mass is 15.0. The van der Waals surface area contributed by atoms with Crippen LogP contribution in [0.15, 0.2) is 0 Å². The van der Waals surface area contributed by atoms with Crippen LogP contribution in [-0.2, 0) is 0 Å². The summed E-state index contributed by atoms with van der Waals surface area (Å²) in [5.41, 5.74) is 0. The second-order valence-corrected chi connectivity index (χ2v) is 16.9. The van der Waals surface area contributed by atoms with E-state index in [4.69, 9.17) is 0 Å². The van der Waals surface area contributed by atoms with Gasteiger partial charge in [-0.1, -0.05) is 20.8 Å². The van der Waals surface area contributed by atoms with E-state index in [1.54, 1.807) is 6.42 Å². The quantitative estimate of drug-likeness (QED) is 0.479. The molecule has 0 heterocycles. The minimum Gasteiger partial charge on any atom is -0.0622 e. The lowest BCUT2D eigenvalue weighted by Gasteiger charge is -2.99. The molecule has 13 unspecified atom stereocenters. The first-order valence-electron chi connectivity index (χ1n) is 15.2. The van der Waals surface area contributed by atoms with Gasteiger partial charge in [0.25, 0.3) is 0 Å². The van der Waals surface area contributed by atoms with Gasteiger partial charge in [0.05, 0.1) is 0 Å². The van der Waals surface area contributed by atoms with Crippen molar-refractivity contribution in [2.75, 3.05) is 0 Å². The molecule has 13 saturated carbocycles. The van der Waals surface area contributed by atoms with E-state index in [1.165, 1.54) is 142 Å². The van der Waals surface area contributed by atoms with E-state index in [9.17, 15) is 0 Å². The van der Waals surface area contributed by atoms with Gasteiger partial charge in [-0.3, -0.25) is 0 Å². The third-order valence-electron chi connectivity index (χ3n) is 18.6. The van der Waals surface area contributed by atoms with E-state index in [0.717, 1.165) is 17.8 Å². The monoisotopic (exact) mass is 410 g/mol. The highest BCUT2D eigenvalue weighted by molar-refractivity contribution is 5.42. The summed E-state index contributed by atoms with van der Waals surface area (Å²) in [6.07, 6.45) is 1.63. The van der Waals surface area contributed by atoms with Crippen molar-refractivity contribution in [3.63, 3.8) is 0 Å². The molecule has 162 valence electrons. The van der Waals surface area contributed by atoms with Gasteiger partial charge in [-0.05, 0) is 166 Å². The Labute approximate surface area is 187 Å². The molecule has 0 radical (unpaired) electrons. The van der Waals surface area contributed by atoms with Crippen molar-refractivity contribution in [1.82, 2.24) is 0 Å². The molecule has 13 rings (SSSR count). The molecule has 0 amide bonds. The molecule has 0 spiro atoms. The van der Waals surface area contributed by atoms with Gasteiger partial charge in [0.2, 0.25) is 0 Å². The predicted octanol–water partition coefficient (Wildman–Crippen LogP) is 5.25. The largest absolute Gasteiger partial charge is 0.0622 e. The smallest absolute Gasteiger partial charge is 0.0312 e. The summed E-state index contributed by atoms with van der Waals surface area (Å²) in [7, 11) is 0. The second kappa shape index (κ2) is 3.75. The summed E-state index contributed by atoms with van der Waals surface area (Å²) in [5.74, 6) is 34.1. The lowest BCUT2D eigenvalue weighted by molar-refractivity contribution is -0.525. The van der Waals surface area contributed by atoms with Gasteiger partial charge in [0, 0.05) is 0 Å². The van der Waals surface area contributed by atoms with Gasteiger partial charge < -0.3 is 0 Å². The summed E-state index contributed by atoms with van der Waals surface area (Å²) in [6.45, 7) is 7.81. The number of hydrogen-bond acceptors (Lipinski definition) is 0. The van der Waals surface area contributed by atoms with E-state index in [1.807, 2.05) is 0 Å². The van der Waals surface area contributed by atoms with E-state index < -0.39 is 0 Å². The zero-order chi connectivity index (χ0) is 19.3. The van der Waals surface area contributed by atoms with E-state index >= 15 is 0 Å². The van der Waals surface area contributed by atoms with Crippen LogP contribution in [0.3, 0.4) is 0 Å². The third kappa shape index (κ3) is 0.966. The molecule has 31 heavy (non-hydrogen) atoms. The molecule has 0 aromatic heterocycles. The van der Waals surface area contributed by atoms with Crippen LogP contribution in [-0.4, -0.2) is 0 Å². The van der Waals surface area contributed by atoms with Crippen LogP contribution < -0.4 is 0 Å². The average molecular weight is 411 g/mol. The van der Waals surface area contributed by atoms with Gasteiger partial charge in [0.15, 0.2) is 0 Å². The fraction of sp³-hybridized carbons (Fsp3) is 1.00. The molecular weight excluding hydrogens is 372 g/mol. The molecular formula is C31H38. The Morgan fingerprint density at radius 2 is 0.548 bits per heavy atom. The van der Waals surface area contributed by atoms with E-state index in [-0.39, 0.29) is 0 Å². The van der Waals surface area contributed by atoms with Gasteiger partial charge in [0.1, 0.15) is 0 Å². The zero-order valence-corrected chi connectivity index (χ0v) is 19.3. The Morgan fingerprint density at radius 1 is 0.290 bits per heavy atom. The average Bonchev–Trinajstić information content (AvgIpc) is 2.69. The predicted molar refractivity (Wildman–Crippen MR) is 116 cm³/mol. The first kappa shape index (κ1) is 15.1. The summed E-state index contributed by atoms with van der Waals surface area (Å²) in [5, 5.41) is 0. The Balaban J connectivity index is 0.801. The first-order chi connectivity index (χ1) is 15.2. The maximum absolute atomic E-state index is 2.61. The summed E-state index contributed by atoms with van der Waals surface area (Å²) < 4.78 is 0. The highest BCUT2D eigenvalue weighted by Crippen LogP contribution is 2.98. The molecule has 13 fully saturated rings. The van der Waals surface area contributed by atoms with Gasteiger partial charge >= 0.3 is 0 Å².